The number of benzene rings is 1. The first-order chi connectivity index (χ1) is 9.99. The number of halogens is 2. The van der Waals surface area contributed by atoms with Crippen LogP contribution in [-0.4, -0.2) is 34.6 Å². The highest BCUT2D eigenvalue weighted by molar-refractivity contribution is 7.89. The molecule has 7 heteroatoms. The summed E-state index contributed by atoms with van der Waals surface area (Å²) in [6.07, 6.45) is 4.62. The number of hydrogen-bond donors (Lipinski definition) is 2. The molecule has 0 spiro atoms. The lowest BCUT2D eigenvalue weighted by molar-refractivity contribution is -0.904. The number of quaternary nitrogens is 1. The second-order valence-corrected chi connectivity index (χ2v) is 7.56. The Labute approximate surface area is 130 Å². The van der Waals surface area contributed by atoms with Crippen LogP contribution in [0.25, 0.3) is 0 Å². The maximum absolute atomic E-state index is 13.0. The molecule has 1 aromatic carbocycles. The first kappa shape index (κ1) is 16.7. The van der Waals surface area contributed by atoms with E-state index in [1.807, 2.05) is 0 Å². The summed E-state index contributed by atoms with van der Waals surface area (Å²) in [6.45, 7) is 3.73. The molecule has 1 aliphatic rings. The van der Waals surface area contributed by atoms with Gasteiger partial charge in [-0.3, -0.25) is 0 Å². The molecule has 0 aliphatic carbocycles. The maximum atomic E-state index is 13.0. The van der Waals surface area contributed by atoms with Crippen molar-refractivity contribution in [2.75, 3.05) is 26.2 Å². The minimum atomic E-state index is -3.61. The summed E-state index contributed by atoms with van der Waals surface area (Å²) >= 11 is 5.61. The second-order valence-electron chi connectivity index (χ2n) is 5.39. The Bertz CT molecular complexity index is 574. The largest absolute Gasteiger partial charge is 0.335 e. The Hall–Kier alpha value is -0.690. The van der Waals surface area contributed by atoms with Gasteiger partial charge >= 0.3 is 0 Å². The molecule has 1 fully saturated rings. The van der Waals surface area contributed by atoms with E-state index in [1.165, 1.54) is 38.4 Å². The lowest BCUT2D eigenvalue weighted by atomic mass is 10.1. The molecular weight excluding hydrogens is 315 g/mol. The summed E-state index contributed by atoms with van der Waals surface area (Å²) in [5.41, 5.74) is 0. The highest BCUT2D eigenvalue weighted by Gasteiger charge is 2.16. The minimum Gasteiger partial charge on any atom is -0.335 e. The van der Waals surface area contributed by atoms with Crippen molar-refractivity contribution in [1.29, 1.82) is 0 Å². The Morgan fingerprint density at radius 1 is 1.24 bits per heavy atom. The van der Waals surface area contributed by atoms with Gasteiger partial charge < -0.3 is 4.90 Å². The minimum absolute atomic E-state index is 0.000723. The lowest BCUT2D eigenvalue weighted by Gasteiger charge is -2.23. The van der Waals surface area contributed by atoms with Gasteiger partial charge in [-0.15, -0.1) is 0 Å². The molecular formula is C14H21ClFN2O2S+. The van der Waals surface area contributed by atoms with E-state index in [0.717, 1.165) is 25.1 Å². The highest BCUT2D eigenvalue weighted by atomic mass is 35.5. The van der Waals surface area contributed by atoms with Crippen molar-refractivity contribution in [3.05, 3.63) is 29.0 Å². The molecule has 2 rings (SSSR count). The molecule has 0 atom stereocenters. The SMILES string of the molecule is O=S(=O)(NCCC[NH+]1CCCCC1)c1ccc(F)c(Cl)c1. The van der Waals surface area contributed by atoms with Gasteiger partial charge in [0.1, 0.15) is 5.82 Å². The Kier molecular flexibility index (Phi) is 5.98. The fraction of sp³-hybridized carbons (Fsp3) is 0.571. The van der Waals surface area contributed by atoms with Gasteiger partial charge in [-0.2, -0.15) is 0 Å². The van der Waals surface area contributed by atoms with Crippen LogP contribution in [-0.2, 0) is 10.0 Å². The quantitative estimate of drug-likeness (QED) is 0.768. The molecule has 0 saturated carbocycles. The van der Waals surface area contributed by atoms with Gasteiger partial charge in [0.15, 0.2) is 0 Å². The van der Waals surface area contributed by atoms with Crippen molar-refractivity contribution in [2.45, 2.75) is 30.6 Å². The van der Waals surface area contributed by atoms with E-state index in [1.54, 1.807) is 4.90 Å². The van der Waals surface area contributed by atoms with Crippen LogP contribution >= 0.6 is 11.6 Å². The number of rotatable bonds is 6. The summed E-state index contributed by atoms with van der Waals surface area (Å²) in [5, 5.41) is -0.185. The predicted octanol–water partition coefficient (Wildman–Crippen LogP) is 1.22. The number of sulfonamides is 1. The molecule has 118 valence electrons. The van der Waals surface area contributed by atoms with Crippen LogP contribution in [0.5, 0.6) is 0 Å². The third-order valence-corrected chi connectivity index (χ3v) is 5.51. The van der Waals surface area contributed by atoms with E-state index in [0.29, 0.717) is 6.54 Å². The fourth-order valence-corrected chi connectivity index (χ4v) is 3.92. The standard InChI is InChI=1S/C14H20ClFN2O2S/c15-13-11-12(5-6-14(13)16)21(19,20)17-7-4-10-18-8-2-1-3-9-18/h5-6,11,17H,1-4,7-10H2/p+1. The van der Waals surface area contributed by atoms with Crippen molar-refractivity contribution in [3.8, 4) is 0 Å². The lowest BCUT2D eigenvalue weighted by Crippen LogP contribution is -3.12. The van der Waals surface area contributed by atoms with Crippen molar-refractivity contribution in [2.24, 2.45) is 0 Å². The Morgan fingerprint density at radius 3 is 2.62 bits per heavy atom. The second kappa shape index (κ2) is 7.54. The van der Waals surface area contributed by atoms with E-state index in [-0.39, 0.29) is 9.92 Å². The van der Waals surface area contributed by atoms with E-state index >= 15 is 0 Å². The van der Waals surface area contributed by atoms with Crippen LogP contribution in [0.2, 0.25) is 5.02 Å². The van der Waals surface area contributed by atoms with Gasteiger partial charge in [-0.25, -0.2) is 17.5 Å². The third-order valence-electron chi connectivity index (χ3n) is 3.76. The molecule has 1 aliphatic heterocycles. The van der Waals surface area contributed by atoms with E-state index in [4.69, 9.17) is 11.6 Å². The molecule has 1 saturated heterocycles. The number of piperidine rings is 1. The smallest absolute Gasteiger partial charge is 0.240 e. The summed E-state index contributed by atoms with van der Waals surface area (Å²) in [5.74, 6) is -0.621. The Balaban J connectivity index is 1.82. The number of likely N-dealkylation sites (tertiary alicyclic amines) is 1. The van der Waals surface area contributed by atoms with Crippen molar-refractivity contribution in [1.82, 2.24) is 4.72 Å². The molecule has 0 bridgehead atoms. The van der Waals surface area contributed by atoms with Crippen LogP contribution < -0.4 is 9.62 Å². The molecule has 4 nitrogen and oxygen atoms in total. The monoisotopic (exact) mass is 335 g/mol. The van der Waals surface area contributed by atoms with E-state index < -0.39 is 15.8 Å². The zero-order valence-electron chi connectivity index (χ0n) is 11.9. The molecule has 21 heavy (non-hydrogen) atoms. The molecule has 1 aromatic rings. The Morgan fingerprint density at radius 2 is 1.95 bits per heavy atom. The normalized spacial score (nSPS) is 17.0. The van der Waals surface area contributed by atoms with Gasteiger partial charge in [-0.1, -0.05) is 11.6 Å². The average Bonchev–Trinajstić information content (AvgIpc) is 2.47. The third kappa shape index (κ3) is 4.92. The van der Waals surface area contributed by atoms with Crippen molar-refractivity contribution >= 4 is 21.6 Å². The van der Waals surface area contributed by atoms with Crippen LogP contribution in [0.15, 0.2) is 23.1 Å². The molecule has 0 unspecified atom stereocenters. The summed E-state index contributed by atoms with van der Waals surface area (Å²) in [7, 11) is -3.61. The van der Waals surface area contributed by atoms with Gasteiger partial charge in [0.05, 0.1) is 29.6 Å². The molecule has 0 radical (unpaired) electrons. The van der Waals surface area contributed by atoms with Gasteiger partial charge in [0, 0.05) is 13.0 Å². The zero-order chi connectivity index (χ0) is 15.3. The van der Waals surface area contributed by atoms with Crippen molar-refractivity contribution < 1.29 is 17.7 Å². The van der Waals surface area contributed by atoms with Gasteiger partial charge in [-0.05, 0) is 37.5 Å². The van der Waals surface area contributed by atoms with Gasteiger partial charge in [0.25, 0.3) is 0 Å². The fourth-order valence-electron chi connectivity index (χ4n) is 2.57. The average molecular weight is 336 g/mol. The van der Waals surface area contributed by atoms with Crippen LogP contribution in [0.3, 0.4) is 0 Å². The van der Waals surface area contributed by atoms with E-state index in [2.05, 4.69) is 4.72 Å². The first-order valence-electron chi connectivity index (χ1n) is 7.27. The summed E-state index contributed by atoms with van der Waals surface area (Å²) < 4.78 is 39.7. The topological polar surface area (TPSA) is 50.6 Å². The predicted molar refractivity (Wildman–Crippen MR) is 80.6 cm³/mol. The maximum Gasteiger partial charge on any atom is 0.240 e. The molecule has 0 amide bonds. The number of nitrogens with one attached hydrogen (secondary N) is 2. The summed E-state index contributed by atoms with van der Waals surface area (Å²) in [4.78, 5) is 1.55. The molecule has 2 N–H and O–H groups in total. The van der Waals surface area contributed by atoms with Crippen LogP contribution in [0.1, 0.15) is 25.7 Å². The van der Waals surface area contributed by atoms with Gasteiger partial charge in [0.2, 0.25) is 10.0 Å². The first-order valence-corrected chi connectivity index (χ1v) is 9.13. The molecule has 1 heterocycles. The van der Waals surface area contributed by atoms with E-state index in [9.17, 15) is 12.8 Å². The van der Waals surface area contributed by atoms with Crippen molar-refractivity contribution in [3.63, 3.8) is 0 Å². The highest BCUT2D eigenvalue weighted by Crippen LogP contribution is 2.19. The van der Waals surface area contributed by atoms with Crippen LogP contribution in [0.4, 0.5) is 4.39 Å². The number of hydrogen-bond acceptors (Lipinski definition) is 2. The summed E-state index contributed by atoms with van der Waals surface area (Å²) in [6, 6.07) is 3.42. The zero-order valence-corrected chi connectivity index (χ0v) is 13.4. The molecule has 0 aromatic heterocycles. The van der Waals surface area contributed by atoms with Crippen LogP contribution in [0, 0.1) is 5.82 Å².